The first-order valence-corrected chi connectivity index (χ1v) is 10.2. The Morgan fingerprint density at radius 3 is 2.74 bits per heavy atom. The minimum Gasteiger partial charge on any atom is -0.568 e. The molecule has 146 valence electrons. The summed E-state index contributed by atoms with van der Waals surface area (Å²) in [4.78, 5) is 1.95. The summed E-state index contributed by atoms with van der Waals surface area (Å²) in [6.07, 6.45) is 1.56. The predicted molar refractivity (Wildman–Crippen MR) is 94.7 cm³/mol. The summed E-state index contributed by atoms with van der Waals surface area (Å²) in [5.41, 5.74) is -3.08. The molecule has 8 nitrogen and oxygen atoms in total. The highest BCUT2D eigenvalue weighted by Gasteiger charge is 2.39. The van der Waals surface area contributed by atoms with Gasteiger partial charge in [0.2, 0.25) is 0 Å². The third-order valence-corrected chi connectivity index (χ3v) is 5.47. The van der Waals surface area contributed by atoms with Gasteiger partial charge in [0.05, 0.1) is 5.69 Å². The molecule has 2 aromatic rings. The van der Waals surface area contributed by atoms with Crippen LogP contribution >= 0.6 is 11.3 Å². The molecule has 2 heterocycles. The zero-order chi connectivity index (χ0) is 19.7. The van der Waals surface area contributed by atoms with Crippen LogP contribution in [0.5, 0.6) is 0 Å². The number of fused-ring (bicyclic) bond motifs is 1. The Bertz CT molecular complexity index is 945. The van der Waals surface area contributed by atoms with Gasteiger partial charge < -0.3 is 9.62 Å². The zero-order valence-electron chi connectivity index (χ0n) is 14.0. The number of hydrogen-bond donors (Lipinski definition) is 0. The number of hydrogen-bond acceptors (Lipinski definition) is 8. The molecule has 0 spiro atoms. The van der Waals surface area contributed by atoms with Crippen LogP contribution in [0.1, 0.15) is 18.9 Å². The second-order valence-electron chi connectivity index (χ2n) is 5.59. The molecule has 0 saturated carbocycles. The van der Waals surface area contributed by atoms with Gasteiger partial charge in [-0.05, 0) is 31.4 Å². The van der Waals surface area contributed by atoms with Crippen molar-refractivity contribution in [3.05, 3.63) is 27.9 Å². The maximum atomic E-state index is 12.8. The fraction of sp³-hybridized carbons (Fsp3) is 0.429. The lowest BCUT2D eigenvalue weighted by molar-refractivity contribution is -0.0425. The number of alkyl halides is 3. The number of aryl methyl sites for hydroxylation is 1. The smallest absolute Gasteiger partial charge is 0.483 e. The first-order chi connectivity index (χ1) is 12.7. The van der Waals surface area contributed by atoms with Gasteiger partial charge in [-0.3, -0.25) is 0 Å². The molecule has 0 unspecified atom stereocenters. The number of sulfonamides is 1. The van der Waals surface area contributed by atoms with Gasteiger partial charge in [-0.2, -0.15) is 13.2 Å². The highest BCUT2D eigenvalue weighted by Crippen LogP contribution is 2.44. The van der Waals surface area contributed by atoms with Crippen molar-refractivity contribution < 1.29 is 21.6 Å². The Balaban J connectivity index is 2.07. The Labute approximate surface area is 157 Å². The van der Waals surface area contributed by atoms with E-state index in [1.54, 1.807) is 0 Å². The summed E-state index contributed by atoms with van der Waals surface area (Å²) < 4.78 is 64.4. The number of halogens is 3. The molecule has 0 aliphatic carbocycles. The SMILES string of the molecule is CCN1CCCc2cc(N=Nc3nncs3)c([N-]S(=O)(=O)C(F)(F)F)cc21. The van der Waals surface area contributed by atoms with E-state index in [-0.39, 0.29) is 10.8 Å². The van der Waals surface area contributed by atoms with E-state index in [0.717, 1.165) is 29.9 Å². The van der Waals surface area contributed by atoms with E-state index >= 15 is 0 Å². The summed E-state index contributed by atoms with van der Waals surface area (Å²) in [6, 6.07) is 2.84. The second-order valence-corrected chi connectivity index (χ2v) is 7.99. The molecule has 1 aromatic carbocycles. The van der Waals surface area contributed by atoms with Gasteiger partial charge in [0.1, 0.15) is 5.51 Å². The van der Waals surface area contributed by atoms with E-state index in [9.17, 15) is 21.6 Å². The van der Waals surface area contributed by atoms with Crippen LogP contribution in [0.3, 0.4) is 0 Å². The molecular weight excluding hydrogens is 405 g/mol. The average Bonchev–Trinajstić information content (AvgIpc) is 3.11. The van der Waals surface area contributed by atoms with Gasteiger partial charge in [0.25, 0.3) is 5.13 Å². The van der Waals surface area contributed by atoms with Gasteiger partial charge in [-0.25, -0.2) is 8.42 Å². The minimum absolute atomic E-state index is 0.0743. The Morgan fingerprint density at radius 1 is 1.33 bits per heavy atom. The normalized spacial score (nSPS) is 15.2. The van der Waals surface area contributed by atoms with Crippen LogP contribution < -0.4 is 4.90 Å². The fourth-order valence-electron chi connectivity index (χ4n) is 2.65. The molecule has 0 radical (unpaired) electrons. The molecular formula is C14H14F3N6O2S2-. The monoisotopic (exact) mass is 419 g/mol. The standard InChI is InChI=1S/C14H14F3N6O2S2/c1-2-23-5-3-4-9-6-10(19-21-13-20-18-8-26-13)11(7-12(9)23)22-27(24,25)14(15,16)17/h6-8H,2-5H2,1H3/q-1. The third-order valence-electron chi connectivity index (χ3n) is 3.88. The first kappa shape index (κ1) is 19.5. The minimum atomic E-state index is -5.72. The van der Waals surface area contributed by atoms with Crippen LogP contribution in [-0.2, 0) is 16.4 Å². The van der Waals surface area contributed by atoms with Crippen molar-refractivity contribution in [1.82, 2.24) is 10.2 Å². The van der Waals surface area contributed by atoms with Crippen LogP contribution in [0, 0.1) is 0 Å². The third kappa shape index (κ3) is 4.18. The summed E-state index contributed by atoms with van der Waals surface area (Å²) in [5.74, 6) is 0. The molecule has 0 N–H and O–H groups in total. The van der Waals surface area contributed by atoms with E-state index in [4.69, 9.17) is 0 Å². The predicted octanol–water partition coefficient (Wildman–Crippen LogP) is 4.58. The van der Waals surface area contributed by atoms with E-state index in [2.05, 4.69) is 25.1 Å². The van der Waals surface area contributed by atoms with E-state index in [0.29, 0.717) is 18.7 Å². The highest BCUT2D eigenvalue weighted by atomic mass is 32.2. The van der Waals surface area contributed by atoms with Gasteiger partial charge in [-0.1, -0.05) is 23.1 Å². The summed E-state index contributed by atoms with van der Waals surface area (Å²) >= 11 is 1.08. The Kier molecular flexibility index (Phi) is 5.33. The molecule has 3 rings (SSSR count). The summed E-state index contributed by atoms with van der Waals surface area (Å²) in [5, 5.41) is 15.1. The molecule has 0 bridgehead atoms. The lowest BCUT2D eigenvalue weighted by atomic mass is 10.0. The van der Waals surface area contributed by atoms with Gasteiger partial charge >= 0.3 is 5.51 Å². The number of azo groups is 1. The van der Waals surface area contributed by atoms with E-state index in [1.807, 2.05) is 11.8 Å². The Morgan fingerprint density at radius 2 is 2.11 bits per heavy atom. The fourth-order valence-corrected chi connectivity index (χ4v) is 3.53. The maximum absolute atomic E-state index is 12.8. The van der Waals surface area contributed by atoms with Gasteiger partial charge in [0, 0.05) is 18.8 Å². The summed E-state index contributed by atoms with van der Waals surface area (Å²) in [6.45, 7) is 3.26. The molecule has 0 saturated heterocycles. The van der Waals surface area contributed by atoms with Crippen molar-refractivity contribution in [2.75, 3.05) is 18.0 Å². The molecule has 0 fully saturated rings. The van der Waals surface area contributed by atoms with Crippen molar-refractivity contribution in [3.8, 4) is 0 Å². The van der Waals surface area contributed by atoms with Crippen molar-refractivity contribution in [3.63, 3.8) is 0 Å². The summed E-state index contributed by atoms with van der Waals surface area (Å²) in [7, 11) is -5.72. The number of benzene rings is 1. The molecule has 0 amide bonds. The van der Waals surface area contributed by atoms with Gasteiger partial charge in [0.15, 0.2) is 10.0 Å². The molecule has 1 aliphatic heterocycles. The van der Waals surface area contributed by atoms with Crippen LogP contribution in [0.2, 0.25) is 0 Å². The maximum Gasteiger partial charge on any atom is 0.483 e. The topological polar surface area (TPSA) is 102 Å². The van der Waals surface area contributed by atoms with Gasteiger partial charge in [-0.15, -0.1) is 20.4 Å². The van der Waals surface area contributed by atoms with Crippen molar-refractivity contribution >= 4 is 43.6 Å². The van der Waals surface area contributed by atoms with Crippen LogP contribution in [0.25, 0.3) is 4.72 Å². The quantitative estimate of drug-likeness (QED) is 0.660. The number of aromatic nitrogens is 2. The highest BCUT2D eigenvalue weighted by molar-refractivity contribution is 7.95. The van der Waals surface area contributed by atoms with Crippen LogP contribution in [0.15, 0.2) is 27.9 Å². The van der Waals surface area contributed by atoms with E-state index in [1.165, 1.54) is 17.6 Å². The Hall–Kier alpha value is -2.28. The number of anilines is 1. The first-order valence-electron chi connectivity index (χ1n) is 7.85. The number of nitrogens with zero attached hydrogens (tertiary/aromatic N) is 6. The van der Waals surface area contributed by atoms with Crippen LogP contribution in [-0.4, -0.2) is 37.2 Å². The molecule has 1 aliphatic rings. The second kappa shape index (κ2) is 7.38. The lowest BCUT2D eigenvalue weighted by Crippen LogP contribution is -2.28. The molecule has 13 heteroatoms. The zero-order valence-corrected chi connectivity index (χ0v) is 15.6. The molecule has 1 aromatic heterocycles. The number of rotatable bonds is 5. The van der Waals surface area contributed by atoms with E-state index < -0.39 is 21.2 Å². The van der Waals surface area contributed by atoms with Crippen molar-refractivity contribution in [2.45, 2.75) is 25.3 Å². The molecule has 27 heavy (non-hydrogen) atoms. The largest absolute Gasteiger partial charge is 0.568 e. The molecule has 0 atom stereocenters. The van der Waals surface area contributed by atoms with Crippen LogP contribution in [0.4, 0.5) is 35.4 Å². The average molecular weight is 419 g/mol. The van der Waals surface area contributed by atoms with Crippen molar-refractivity contribution in [2.24, 2.45) is 10.2 Å². The lowest BCUT2D eigenvalue weighted by Gasteiger charge is -2.33. The van der Waals surface area contributed by atoms with Crippen molar-refractivity contribution in [1.29, 1.82) is 0 Å².